The van der Waals surface area contributed by atoms with Gasteiger partial charge in [-0.1, -0.05) is 18.2 Å². The third-order valence-electron chi connectivity index (χ3n) is 2.45. The van der Waals surface area contributed by atoms with E-state index in [0.717, 1.165) is 5.69 Å². The third kappa shape index (κ3) is 2.30. The van der Waals surface area contributed by atoms with Crippen molar-refractivity contribution >= 4 is 0 Å². The molecule has 0 atom stereocenters. The maximum Gasteiger partial charge on any atom is 0.342 e. The fraction of sp³-hybridized carbons (Fsp3) is 0. The normalized spacial score (nSPS) is 9.95. The molecule has 7 heteroatoms. The maximum absolute atomic E-state index is 8.90. The van der Waals surface area contributed by atoms with Crippen molar-refractivity contribution in [2.75, 3.05) is 0 Å². The van der Waals surface area contributed by atoms with Crippen LogP contribution in [0.1, 0.15) is 5.69 Å². The van der Waals surface area contributed by atoms with Crippen molar-refractivity contribution in [2.45, 2.75) is 0 Å². The highest BCUT2D eigenvalue weighted by atomic mass is 16.5. The van der Waals surface area contributed by atoms with Crippen LogP contribution < -0.4 is 4.74 Å². The molecular formula is C13H8N6O. The monoisotopic (exact) mass is 264 g/mol. The minimum atomic E-state index is 0.0841. The predicted molar refractivity (Wildman–Crippen MR) is 68.2 cm³/mol. The molecule has 3 rings (SSSR count). The molecule has 0 aliphatic carbocycles. The number of para-hydroxylation sites is 1. The zero-order valence-electron chi connectivity index (χ0n) is 10.2. The number of ether oxygens (including phenoxy) is 1. The molecule has 2 heterocycles. The zero-order valence-corrected chi connectivity index (χ0v) is 10.2. The van der Waals surface area contributed by atoms with Gasteiger partial charge in [-0.15, -0.1) is 5.10 Å². The molecule has 20 heavy (non-hydrogen) atoms. The quantitative estimate of drug-likeness (QED) is 0.715. The Hall–Kier alpha value is -3.27. The first kappa shape index (κ1) is 11.8. The van der Waals surface area contributed by atoms with Gasteiger partial charge in [-0.2, -0.15) is 10.2 Å². The van der Waals surface area contributed by atoms with Crippen LogP contribution in [0.5, 0.6) is 11.9 Å². The van der Waals surface area contributed by atoms with E-state index in [-0.39, 0.29) is 17.6 Å². The fourth-order valence-corrected chi connectivity index (χ4v) is 1.56. The van der Waals surface area contributed by atoms with Crippen LogP contribution in [-0.2, 0) is 0 Å². The molecule has 0 aliphatic rings. The molecule has 0 saturated carbocycles. The second-order valence-corrected chi connectivity index (χ2v) is 3.73. The lowest BCUT2D eigenvalue weighted by Gasteiger charge is -2.00. The summed E-state index contributed by atoms with van der Waals surface area (Å²) in [7, 11) is 0. The van der Waals surface area contributed by atoms with Gasteiger partial charge in [0.15, 0.2) is 0 Å². The highest BCUT2D eigenvalue weighted by Crippen LogP contribution is 2.17. The van der Waals surface area contributed by atoms with Gasteiger partial charge in [-0.05, 0) is 12.1 Å². The lowest BCUT2D eigenvalue weighted by atomic mass is 10.3. The Balaban J connectivity index is 1.87. The molecule has 0 N–H and O–H groups in total. The Morgan fingerprint density at radius 1 is 1.05 bits per heavy atom. The number of aromatic nitrogens is 5. The molecule has 3 aromatic rings. The summed E-state index contributed by atoms with van der Waals surface area (Å²) in [6.07, 6.45) is 4.37. The summed E-state index contributed by atoms with van der Waals surface area (Å²) in [6, 6.07) is 11.5. The summed E-state index contributed by atoms with van der Waals surface area (Å²) in [4.78, 5) is 11.8. The van der Waals surface area contributed by atoms with Crippen molar-refractivity contribution in [3.8, 4) is 23.6 Å². The van der Waals surface area contributed by atoms with E-state index in [9.17, 15) is 0 Å². The number of hydrogen-bond donors (Lipinski definition) is 0. The van der Waals surface area contributed by atoms with Gasteiger partial charge >= 0.3 is 6.01 Å². The molecule has 0 aliphatic heterocycles. The largest absolute Gasteiger partial charge is 0.401 e. The predicted octanol–water partition coefficient (Wildman–Crippen LogP) is 1.72. The first-order valence-electron chi connectivity index (χ1n) is 5.73. The van der Waals surface area contributed by atoms with E-state index in [2.05, 4.69) is 20.1 Å². The lowest BCUT2D eigenvalue weighted by molar-refractivity contribution is 0.421. The average Bonchev–Trinajstić information content (AvgIpc) is 2.97. The van der Waals surface area contributed by atoms with E-state index in [1.54, 1.807) is 4.68 Å². The van der Waals surface area contributed by atoms with Crippen LogP contribution in [-0.4, -0.2) is 24.7 Å². The third-order valence-corrected chi connectivity index (χ3v) is 2.45. The standard InChI is InChI=1S/C13H8N6O/c14-8-11-12(16-7-6-15-11)20-13-17-9-19(18-13)10-4-2-1-3-5-10/h1-7,9H. The van der Waals surface area contributed by atoms with Crippen molar-refractivity contribution in [2.24, 2.45) is 0 Å². The topological polar surface area (TPSA) is 89.5 Å². The van der Waals surface area contributed by atoms with Gasteiger partial charge in [0.2, 0.25) is 5.69 Å². The van der Waals surface area contributed by atoms with E-state index in [1.807, 2.05) is 36.4 Å². The summed E-state index contributed by atoms with van der Waals surface area (Å²) >= 11 is 0. The Labute approximate surface area is 114 Å². The van der Waals surface area contributed by atoms with Crippen molar-refractivity contribution < 1.29 is 4.74 Å². The molecule has 0 saturated heterocycles. The molecule has 0 fully saturated rings. The van der Waals surface area contributed by atoms with Gasteiger partial charge in [0.1, 0.15) is 12.4 Å². The minimum Gasteiger partial charge on any atom is -0.401 e. The van der Waals surface area contributed by atoms with Crippen LogP contribution in [0, 0.1) is 11.3 Å². The summed E-state index contributed by atoms with van der Waals surface area (Å²) in [5.74, 6) is 0.0841. The number of nitriles is 1. The van der Waals surface area contributed by atoms with Gasteiger partial charge in [-0.25, -0.2) is 14.6 Å². The second kappa shape index (κ2) is 5.16. The first-order valence-corrected chi connectivity index (χ1v) is 5.73. The average molecular weight is 264 g/mol. The number of benzene rings is 1. The molecule has 96 valence electrons. The molecule has 0 spiro atoms. The molecule has 2 aromatic heterocycles. The molecule has 0 unspecified atom stereocenters. The number of rotatable bonds is 3. The molecular weight excluding hydrogens is 256 g/mol. The van der Waals surface area contributed by atoms with Crippen molar-refractivity contribution in [1.29, 1.82) is 5.26 Å². The minimum absolute atomic E-state index is 0.0841. The smallest absolute Gasteiger partial charge is 0.342 e. The van der Waals surface area contributed by atoms with Crippen LogP contribution in [0.3, 0.4) is 0 Å². The molecule has 0 radical (unpaired) electrons. The van der Waals surface area contributed by atoms with Crippen LogP contribution in [0.25, 0.3) is 5.69 Å². The van der Waals surface area contributed by atoms with Crippen molar-refractivity contribution in [1.82, 2.24) is 24.7 Å². The van der Waals surface area contributed by atoms with E-state index in [1.165, 1.54) is 18.7 Å². The van der Waals surface area contributed by atoms with E-state index in [0.29, 0.717) is 0 Å². The Kier molecular flexibility index (Phi) is 3.04. The maximum atomic E-state index is 8.90. The molecule has 0 amide bonds. The van der Waals surface area contributed by atoms with Gasteiger partial charge in [-0.3, -0.25) is 0 Å². The zero-order chi connectivity index (χ0) is 13.8. The first-order chi connectivity index (χ1) is 9.86. The molecule has 0 bridgehead atoms. The summed E-state index contributed by atoms with van der Waals surface area (Å²) in [5.41, 5.74) is 0.943. The van der Waals surface area contributed by atoms with Gasteiger partial charge in [0, 0.05) is 12.4 Å². The Morgan fingerprint density at radius 3 is 2.65 bits per heavy atom. The Bertz CT molecular complexity index is 762. The lowest BCUT2D eigenvalue weighted by Crippen LogP contribution is -1.97. The van der Waals surface area contributed by atoms with Crippen molar-refractivity contribution in [3.63, 3.8) is 0 Å². The molecule has 7 nitrogen and oxygen atoms in total. The number of nitrogens with zero attached hydrogens (tertiary/aromatic N) is 6. The van der Waals surface area contributed by atoms with Gasteiger partial charge in [0.25, 0.3) is 5.88 Å². The van der Waals surface area contributed by atoms with Crippen LogP contribution >= 0.6 is 0 Å². The van der Waals surface area contributed by atoms with Gasteiger partial charge < -0.3 is 4.74 Å². The SMILES string of the molecule is N#Cc1nccnc1Oc1ncn(-c2ccccc2)n1. The summed E-state index contributed by atoms with van der Waals surface area (Å²) < 4.78 is 6.93. The van der Waals surface area contributed by atoms with Crippen LogP contribution in [0.2, 0.25) is 0 Å². The van der Waals surface area contributed by atoms with E-state index in [4.69, 9.17) is 10.00 Å². The second-order valence-electron chi connectivity index (χ2n) is 3.73. The summed E-state index contributed by atoms with van der Waals surface area (Å²) in [6.45, 7) is 0. The molecule has 1 aromatic carbocycles. The van der Waals surface area contributed by atoms with Crippen LogP contribution in [0.15, 0.2) is 49.1 Å². The highest BCUT2D eigenvalue weighted by Gasteiger charge is 2.10. The van der Waals surface area contributed by atoms with Crippen LogP contribution in [0.4, 0.5) is 0 Å². The van der Waals surface area contributed by atoms with E-state index < -0.39 is 0 Å². The summed E-state index contributed by atoms with van der Waals surface area (Å²) in [5, 5.41) is 13.1. The fourth-order valence-electron chi connectivity index (χ4n) is 1.56. The van der Waals surface area contributed by atoms with E-state index >= 15 is 0 Å². The van der Waals surface area contributed by atoms with Gasteiger partial charge in [0.05, 0.1) is 5.69 Å². The Morgan fingerprint density at radius 2 is 1.85 bits per heavy atom. The number of hydrogen-bond acceptors (Lipinski definition) is 6. The van der Waals surface area contributed by atoms with Crippen molar-refractivity contribution in [3.05, 3.63) is 54.7 Å². The highest BCUT2D eigenvalue weighted by molar-refractivity contribution is 5.32.